The third kappa shape index (κ3) is 41.6. The van der Waals surface area contributed by atoms with Gasteiger partial charge in [0, 0.05) is 19.3 Å². The highest BCUT2D eigenvalue weighted by molar-refractivity contribution is 5.71. The van der Waals surface area contributed by atoms with Crippen molar-refractivity contribution in [3.8, 4) is 0 Å². The summed E-state index contributed by atoms with van der Waals surface area (Å²) in [5.74, 6) is -0.983. The second-order valence-electron chi connectivity index (χ2n) is 14.2. The SMILES string of the molecule is CC/C=C\C/C=C\C/C=C\C/C=C\C/C=C\C/C=C\C/C=C\CCCC(=O)OCC(COC(=O)CCCCCCC)OC(=O)CCCCCCCCCCC. The molecule has 0 bridgehead atoms. The number of carbonyl (C=O) groups is 3. The molecular formula is C49H80O6. The lowest BCUT2D eigenvalue weighted by molar-refractivity contribution is -0.167. The summed E-state index contributed by atoms with van der Waals surface area (Å²) in [5.41, 5.74) is 0. The van der Waals surface area contributed by atoms with Crippen molar-refractivity contribution in [2.24, 2.45) is 0 Å². The molecule has 1 unspecified atom stereocenters. The molecule has 0 heterocycles. The van der Waals surface area contributed by atoms with Gasteiger partial charge >= 0.3 is 17.9 Å². The Bertz CT molecular complexity index is 1110. The van der Waals surface area contributed by atoms with Gasteiger partial charge < -0.3 is 14.2 Å². The molecule has 0 amide bonds. The van der Waals surface area contributed by atoms with Crippen molar-refractivity contribution in [3.63, 3.8) is 0 Å². The predicted molar refractivity (Wildman–Crippen MR) is 233 cm³/mol. The van der Waals surface area contributed by atoms with Gasteiger partial charge in [0.15, 0.2) is 6.10 Å². The summed E-state index contributed by atoms with van der Waals surface area (Å²) in [7, 11) is 0. The molecule has 312 valence electrons. The van der Waals surface area contributed by atoms with Crippen molar-refractivity contribution in [1.29, 1.82) is 0 Å². The lowest BCUT2D eigenvalue weighted by Gasteiger charge is -2.18. The van der Waals surface area contributed by atoms with Crippen molar-refractivity contribution in [3.05, 3.63) is 85.1 Å². The zero-order valence-electron chi connectivity index (χ0n) is 35.4. The first-order valence-electron chi connectivity index (χ1n) is 22.1. The van der Waals surface area contributed by atoms with Crippen LogP contribution in [0.25, 0.3) is 0 Å². The van der Waals surface area contributed by atoms with Crippen LogP contribution in [-0.2, 0) is 28.6 Å². The maximum Gasteiger partial charge on any atom is 0.306 e. The van der Waals surface area contributed by atoms with E-state index in [2.05, 4.69) is 106 Å². The number of carbonyl (C=O) groups excluding carboxylic acids is 3. The number of unbranched alkanes of at least 4 members (excludes halogenated alkanes) is 13. The molecular weight excluding hydrogens is 685 g/mol. The van der Waals surface area contributed by atoms with Crippen LogP contribution in [0.15, 0.2) is 85.1 Å². The molecule has 0 radical (unpaired) electrons. The van der Waals surface area contributed by atoms with Gasteiger partial charge in [-0.25, -0.2) is 0 Å². The molecule has 6 nitrogen and oxygen atoms in total. The van der Waals surface area contributed by atoms with E-state index in [1.54, 1.807) is 0 Å². The van der Waals surface area contributed by atoms with Crippen LogP contribution in [0.2, 0.25) is 0 Å². The third-order valence-corrected chi connectivity index (χ3v) is 8.91. The van der Waals surface area contributed by atoms with Crippen molar-refractivity contribution < 1.29 is 28.6 Å². The number of hydrogen-bond acceptors (Lipinski definition) is 6. The van der Waals surface area contributed by atoms with E-state index >= 15 is 0 Å². The van der Waals surface area contributed by atoms with E-state index < -0.39 is 6.10 Å². The van der Waals surface area contributed by atoms with Crippen LogP contribution in [-0.4, -0.2) is 37.2 Å². The molecule has 0 aliphatic heterocycles. The standard InChI is InChI=1S/C49H80O6/c1-4-7-10-13-15-17-18-19-20-21-22-23-24-25-26-27-28-29-30-32-33-36-39-42-48(51)54-45-46(44-53-47(50)41-38-35-12-9-6-3)55-49(52)43-40-37-34-31-16-14-11-8-5-2/h7,10,15,17,19-20,22-23,25-26,28-29,32-33,46H,4-6,8-9,11-14,16,18,21,24,27,30-31,34-45H2,1-3H3/b10-7-,17-15-,20-19-,23-22-,26-25-,29-28-,33-32-. The van der Waals surface area contributed by atoms with Crippen LogP contribution in [0.1, 0.15) is 188 Å². The molecule has 0 saturated heterocycles. The Balaban J connectivity index is 4.28. The molecule has 6 heteroatoms. The van der Waals surface area contributed by atoms with E-state index in [1.807, 2.05) is 0 Å². The summed E-state index contributed by atoms with van der Waals surface area (Å²) in [5, 5.41) is 0. The van der Waals surface area contributed by atoms with E-state index in [1.165, 1.54) is 38.5 Å². The van der Waals surface area contributed by atoms with Crippen LogP contribution >= 0.6 is 0 Å². The van der Waals surface area contributed by atoms with Gasteiger partial charge in [-0.3, -0.25) is 14.4 Å². The van der Waals surface area contributed by atoms with Crippen LogP contribution in [0.3, 0.4) is 0 Å². The van der Waals surface area contributed by atoms with E-state index in [0.29, 0.717) is 19.3 Å². The summed E-state index contributed by atoms with van der Waals surface area (Å²) < 4.78 is 16.5. The monoisotopic (exact) mass is 765 g/mol. The van der Waals surface area contributed by atoms with Crippen LogP contribution in [0.4, 0.5) is 0 Å². The fourth-order valence-corrected chi connectivity index (χ4v) is 5.60. The number of esters is 3. The van der Waals surface area contributed by atoms with Gasteiger partial charge in [0.2, 0.25) is 0 Å². The van der Waals surface area contributed by atoms with Gasteiger partial charge in [0.1, 0.15) is 13.2 Å². The quantitative estimate of drug-likeness (QED) is 0.0270. The number of ether oxygens (including phenoxy) is 3. The zero-order chi connectivity index (χ0) is 40.1. The molecule has 0 fully saturated rings. The average Bonchev–Trinajstić information content (AvgIpc) is 3.18. The lowest BCUT2D eigenvalue weighted by atomic mass is 10.1. The number of rotatable bonds is 38. The molecule has 0 aliphatic rings. The average molecular weight is 765 g/mol. The summed E-state index contributed by atoms with van der Waals surface area (Å²) in [6.45, 7) is 6.33. The van der Waals surface area contributed by atoms with Crippen LogP contribution in [0, 0.1) is 0 Å². The van der Waals surface area contributed by atoms with Crippen molar-refractivity contribution >= 4 is 17.9 Å². The van der Waals surface area contributed by atoms with Gasteiger partial charge in [-0.2, -0.15) is 0 Å². The second-order valence-corrected chi connectivity index (χ2v) is 14.2. The first kappa shape index (κ1) is 51.6. The molecule has 0 N–H and O–H groups in total. The molecule has 55 heavy (non-hydrogen) atoms. The first-order chi connectivity index (χ1) is 27.0. The predicted octanol–water partition coefficient (Wildman–Crippen LogP) is 14.1. The molecule has 1 atom stereocenters. The first-order valence-corrected chi connectivity index (χ1v) is 22.1. The zero-order valence-corrected chi connectivity index (χ0v) is 35.4. The minimum atomic E-state index is -0.791. The normalized spacial score (nSPS) is 12.9. The number of allylic oxidation sites excluding steroid dienone is 14. The van der Waals surface area contributed by atoms with Gasteiger partial charge in [0.05, 0.1) is 0 Å². The second kappa shape index (κ2) is 43.3. The van der Waals surface area contributed by atoms with E-state index in [4.69, 9.17) is 14.2 Å². The van der Waals surface area contributed by atoms with Gasteiger partial charge in [-0.05, 0) is 70.6 Å². The fourth-order valence-electron chi connectivity index (χ4n) is 5.60. The molecule has 0 aromatic rings. The minimum absolute atomic E-state index is 0.0953. The maximum absolute atomic E-state index is 12.6. The van der Waals surface area contributed by atoms with E-state index in [0.717, 1.165) is 103 Å². The van der Waals surface area contributed by atoms with Crippen LogP contribution < -0.4 is 0 Å². The fraction of sp³-hybridized carbons (Fsp3) is 0.653. The van der Waals surface area contributed by atoms with Gasteiger partial charge in [0.25, 0.3) is 0 Å². The Morgan fingerprint density at radius 3 is 1.11 bits per heavy atom. The highest BCUT2D eigenvalue weighted by atomic mass is 16.6. The summed E-state index contributed by atoms with van der Waals surface area (Å²) >= 11 is 0. The highest BCUT2D eigenvalue weighted by Gasteiger charge is 2.19. The summed E-state index contributed by atoms with van der Waals surface area (Å²) in [4.78, 5) is 37.3. The highest BCUT2D eigenvalue weighted by Crippen LogP contribution is 2.12. The van der Waals surface area contributed by atoms with Crippen molar-refractivity contribution in [2.75, 3.05) is 13.2 Å². The molecule has 0 rings (SSSR count). The molecule has 0 aliphatic carbocycles. The Labute approximate surface area is 337 Å². The van der Waals surface area contributed by atoms with Gasteiger partial charge in [-0.1, -0.05) is 183 Å². The van der Waals surface area contributed by atoms with Crippen LogP contribution in [0.5, 0.6) is 0 Å². The topological polar surface area (TPSA) is 78.9 Å². The Kier molecular flexibility index (Phi) is 40.6. The van der Waals surface area contributed by atoms with E-state index in [-0.39, 0.29) is 37.5 Å². The van der Waals surface area contributed by atoms with Crippen molar-refractivity contribution in [2.45, 2.75) is 194 Å². The number of hydrogen-bond donors (Lipinski definition) is 0. The molecule has 0 spiro atoms. The maximum atomic E-state index is 12.6. The Morgan fingerprint density at radius 1 is 0.382 bits per heavy atom. The van der Waals surface area contributed by atoms with E-state index in [9.17, 15) is 14.4 Å². The Hall–Kier alpha value is -3.41. The smallest absolute Gasteiger partial charge is 0.306 e. The molecule has 0 aromatic carbocycles. The summed E-state index contributed by atoms with van der Waals surface area (Å²) in [6.07, 6.45) is 54.7. The van der Waals surface area contributed by atoms with Gasteiger partial charge in [-0.15, -0.1) is 0 Å². The minimum Gasteiger partial charge on any atom is -0.462 e. The lowest BCUT2D eigenvalue weighted by Crippen LogP contribution is -2.30. The van der Waals surface area contributed by atoms with Crippen molar-refractivity contribution in [1.82, 2.24) is 0 Å². The Morgan fingerprint density at radius 2 is 0.709 bits per heavy atom. The third-order valence-electron chi connectivity index (χ3n) is 8.91. The molecule has 0 aromatic heterocycles. The largest absolute Gasteiger partial charge is 0.462 e. The summed E-state index contributed by atoms with van der Waals surface area (Å²) in [6, 6.07) is 0. The molecule has 0 saturated carbocycles.